The van der Waals surface area contributed by atoms with Crippen LogP contribution in [0.15, 0.2) is 33.7 Å². The molecule has 1 aromatic carbocycles. The van der Waals surface area contributed by atoms with Gasteiger partial charge in [-0.05, 0) is 24.6 Å². The number of aryl methyl sites for hydroxylation is 1. The van der Waals surface area contributed by atoms with Crippen molar-refractivity contribution in [3.63, 3.8) is 0 Å². The average molecular weight is 352 g/mol. The Morgan fingerprint density at radius 3 is 2.91 bits per heavy atom. The number of carbonyl (C=O) groups excluding carboxylic acids is 1. The van der Waals surface area contributed by atoms with Gasteiger partial charge in [0.25, 0.3) is 11.5 Å². The Labute approximate surface area is 140 Å². The minimum Gasteiger partial charge on any atom is -0.442 e. The molecule has 8 heteroatoms. The molecule has 0 spiro atoms. The van der Waals surface area contributed by atoms with Crippen molar-refractivity contribution in [1.29, 1.82) is 0 Å². The fourth-order valence-corrected chi connectivity index (χ4v) is 2.73. The van der Waals surface area contributed by atoms with Gasteiger partial charge in [0.15, 0.2) is 0 Å². The van der Waals surface area contributed by atoms with Crippen LogP contribution in [0.5, 0.6) is 0 Å². The van der Waals surface area contributed by atoms with Crippen molar-refractivity contribution in [2.75, 3.05) is 0 Å². The molecule has 0 atom stereocenters. The number of aromatic amines is 1. The normalized spacial score (nSPS) is 10.9. The topological polar surface area (TPSA) is 88.0 Å². The number of benzene rings is 1. The maximum atomic E-state index is 12.4. The number of fused-ring (bicyclic) bond motifs is 1. The van der Waals surface area contributed by atoms with E-state index in [1.165, 1.54) is 6.33 Å². The Morgan fingerprint density at radius 2 is 2.17 bits per heavy atom. The lowest BCUT2D eigenvalue weighted by atomic mass is 10.1. The van der Waals surface area contributed by atoms with Crippen molar-refractivity contribution in [1.82, 2.24) is 15.3 Å². The second-order valence-corrected chi connectivity index (χ2v) is 5.71. The summed E-state index contributed by atoms with van der Waals surface area (Å²) in [4.78, 5) is 30.7. The number of carbonyl (C=O) groups is 1. The summed E-state index contributed by atoms with van der Waals surface area (Å²) in [5, 5.41) is 3.81. The van der Waals surface area contributed by atoms with E-state index < -0.39 is 11.5 Å². The van der Waals surface area contributed by atoms with E-state index in [1.54, 1.807) is 25.1 Å². The molecule has 0 radical (unpaired) electrons. The van der Waals surface area contributed by atoms with E-state index in [-0.39, 0.29) is 23.2 Å². The Morgan fingerprint density at radius 1 is 1.39 bits per heavy atom. The highest BCUT2D eigenvalue weighted by atomic mass is 35.5. The second-order valence-electron chi connectivity index (χ2n) is 4.86. The van der Waals surface area contributed by atoms with Crippen LogP contribution in [0, 0.1) is 6.92 Å². The molecular weight excluding hydrogens is 341 g/mol. The van der Waals surface area contributed by atoms with Crippen LogP contribution in [0.3, 0.4) is 0 Å². The van der Waals surface area contributed by atoms with Crippen LogP contribution in [0.1, 0.15) is 21.7 Å². The quantitative estimate of drug-likeness (QED) is 0.758. The zero-order valence-electron chi connectivity index (χ0n) is 11.9. The lowest BCUT2D eigenvalue weighted by Crippen LogP contribution is -2.24. The average Bonchev–Trinajstić information content (AvgIpc) is 2.83. The van der Waals surface area contributed by atoms with Gasteiger partial charge >= 0.3 is 0 Å². The molecule has 6 nitrogen and oxygen atoms in total. The van der Waals surface area contributed by atoms with Crippen molar-refractivity contribution in [2.45, 2.75) is 13.5 Å². The summed E-state index contributed by atoms with van der Waals surface area (Å²) in [6, 6.07) is 5.00. The lowest BCUT2D eigenvalue weighted by Gasteiger charge is -2.07. The second kappa shape index (κ2) is 6.06. The Kier molecular flexibility index (Phi) is 4.11. The molecule has 0 unspecified atom stereocenters. The number of amides is 1. The van der Waals surface area contributed by atoms with Gasteiger partial charge < -0.3 is 14.7 Å². The van der Waals surface area contributed by atoms with Crippen LogP contribution < -0.4 is 10.9 Å². The largest absolute Gasteiger partial charge is 0.442 e. The summed E-state index contributed by atoms with van der Waals surface area (Å²) in [6.07, 6.45) is 1.22. The smallest absolute Gasteiger partial charge is 0.262 e. The molecule has 2 aromatic heterocycles. The molecule has 3 rings (SSSR count). The first-order valence-electron chi connectivity index (χ1n) is 6.66. The fraction of sp³-hybridized carbons (Fsp3) is 0.133. The van der Waals surface area contributed by atoms with Crippen molar-refractivity contribution in [2.24, 2.45) is 0 Å². The van der Waals surface area contributed by atoms with Crippen LogP contribution in [0.4, 0.5) is 0 Å². The molecule has 2 N–H and O–H groups in total. The van der Waals surface area contributed by atoms with Gasteiger partial charge in [0.05, 0.1) is 11.9 Å². The van der Waals surface area contributed by atoms with E-state index in [2.05, 4.69) is 15.3 Å². The SMILES string of the molecule is Cc1oc2nc[nH]c(=O)c2c1C(=O)NCc1ccc(Cl)cc1Cl. The number of nitrogens with one attached hydrogen (secondary N) is 2. The molecular formula is C15H11Cl2N3O3. The zero-order valence-corrected chi connectivity index (χ0v) is 13.5. The van der Waals surface area contributed by atoms with Gasteiger partial charge in [0, 0.05) is 16.6 Å². The van der Waals surface area contributed by atoms with Gasteiger partial charge in [-0.1, -0.05) is 29.3 Å². The number of H-pyrrole nitrogens is 1. The number of rotatable bonds is 3. The van der Waals surface area contributed by atoms with E-state index in [0.717, 1.165) is 0 Å². The number of halogens is 2. The van der Waals surface area contributed by atoms with Gasteiger partial charge in [-0.3, -0.25) is 9.59 Å². The van der Waals surface area contributed by atoms with Crippen LogP contribution >= 0.6 is 23.2 Å². The number of aromatic nitrogens is 2. The number of furan rings is 1. The third-order valence-electron chi connectivity index (χ3n) is 3.35. The van der Waals surface area contributed by atoms with E-state index in [4.69, 9.17) is 27.6 Å². The van der Waals surface area contributed by atoms with Gasteiger partial charge in [0.1, 0.15) is 11.1 Å². The van der Waals surface area contributed by atoms with Gasteiger partial charge in [0.2, 0.25) is 5.71 Å². The van der Waals surface area contributed by atoms with Crippen molar-refractivity contribution in [3.05, 3.63) is 61.8 Å². The number of hydrogen-bond acceptors (Lipinski definition) is 4. The monoisotopic (exact) mass is 351 g/mol. The van der Waals surface area contributed by atoms with E-state index in [9.17, 15) is 9.59 Å². The Balaban J connectivity index is 1.89. The third kappa shape index (κ3) is 2.95. The lowest BCUT2D eigenvalue weighted by molar-refractivity contribution is 0.0951. The maximum absolute atomic E-state index is 12.4. The predicted octanol–water partition coefficient (Wildman–Crippen LogP) is 3.06. The number of nitrogens with zero attached hydrogens (tertiary/aromatic N) is 1. The van der Waals surface area contributed by atoms with Crippen LogP contribution in [-0.2, 0) is 6.54 Å². The summed E-state index contributed by atoms with van der Waals surface area (Å²) >= 11 is 11.9. The van der Waals surface area contributed by atoms with Gasteiger partial charge in [-0.2, -0.15) is 0 Å². The van der Waals surface area contributed by atoms with Crippen molar-refractivity contribution >= 4 is 40.2 Å². The molecule has 2 heterocycles. The fourth-order valence-electron chi connectivity index (χ4n) is 2.26. The molecule has 1 amide bonds. The summed E-state index contributed by atoms with van der Waals surface area (Å²) in [6.45, 7) is 1.80. The summed E-state index contributed by atoms with van der Waals surface area (Å²) in [7, 11) is 0. The molecule has 0 saturated carbocycles. The first-order valence-corrected chi connectivity index (χ1v) is 7.42. The molecule has 0 aliphatic carbocycles. The Hall–Kier alpha value is -2.31. The minimum absolute atomic E-state index is 0.126. The van der Waals surface area contributed by atoms with Crippen LogP contribution in [0.25, 0.3) is 11.1 Å². The first kappa shape index (κ1) is 15.6. The Bertz CT molecular complexity index is 962. The maximum Gasteiger partial charge on any atom is 0.262 e. The summed E-state index contributed by atoms with van der Waals surface area (Å²) in [5.74, 6) is -0.116. The highest BCUT2D eigenvalue weighted by molar-refractivity contribution is 6.35. The molecule has 3 aromatic rings. The molecule has 0 saturated heterocycles. The molecule has 0 aliphatic rings. The van der Waals surface area contributed by atoms with E-state index >= 15 is 0 Å². The molecule has 0 fully saturated rings. The molecule has 118 valence electrons. The van der Waals surface area contributed by atoms with Crippen LogP contribution in [-0.4, -0.2) is 15.9 Å². The van der Waals surface area contributed by atoms with E-state index in [1.807, 2.05) is 0 Å². The third-order valence-corrected chi connectivity index (χ3v) is 3.94. The highest BCUT2D eigenvalue weighted by Crippen LogP contribution is 2.22. The van der Waals surface area contributed by atoms with Gasteiger partial charge in [-0.25, -0.2) is 4.98 Å². The van der Waals surface area contributed by atoms with E-state index in [0.29, 0.717) is 21.4 Å². The van der Waals surface area contributed by atoms with Crippen LogP contribution in [0.2, 0.25) is 10.0 Å². The van der Waals surface area contributed by atoms with Gasteiger partial charge in [-0.15, -0.1) is 0 Å². The predicted molar refractivity (Wildman–Crippen MR) is 87.0 cm³/mol. The zero-order chi connectivity index (χ0) is 16.6. The number of hydrogen-bond donors (Lipinski definition) is 2. The van der Waals surface area contributed by atoms with Crippen molar-refractivity contribution < 1.29 is 9.21 Å². The highest BCUT2D eigenvalue weighted by Gasteiger charge is 2.21. The summed E-state index contributed by atoms with van der Waals surface area (Å²) in [5.41, 5.74) is 0.573. The summed E-state index contributed by atoms with van der Waals surface area (Å²) < 4.78 is 5.36. The minimum atomic E-state index is -0.439. The molecule has 0 bridgehead atoms. The standard InChI is InChI=1S/C15H11Cl2N3O3/c1-7-11(12-14(22)19-6-20-15(12)23-7)13(21)18-5-8-2-3-9(16)4-10(8)17/h2-4,6H,5H2,1H3,(H,18,21)(H,19,20,22). The van der Waals surface area contributed by atoms with Crippen molar-refractivity contribution in [3.8, 4) is 0 Å². The first-order chi connectivity index (χ1) is 11.0. The molecule has 0 aliphatic heterocycles. The molecule has 23 heavy (non-hydrogen) atoms.